The van der Waals surface area contributed by atoms with Gasteiger partial charge in [-0.2, -0.15) is 13.2 Å². The molecule has 3 aliphatic heterocycles. The molecule has 7 nitrogen and oxygen atoms in total. The molecule has 37 heavy (non-hydrogen) atoms. The van der Waals surface area contributed by atoms with Gasteiger partial charge < -0.3 is 9.64 Å². The van der Waals surface area contributed by atoms with Gasteiger partial charge in [-0.1, -0.05) is 11.6 Å². The molecule has 6 rings (SSSR count). The molecule has 2 saturated heterocycles. The highest BCUT2D eigenvalue weighted by atomic mass is 35.5. The Morgan fingerprint density at radius 2 is 1.81 bits per heavy atom. The van der Waals surface area contributed by atoms with Crippen molar-refractivity contribution in [2.24, 2.45) is 0 Å². The molecule has 0 saturated carbocycles. The van der Waals surface area contributed by atoms with Gasteiger partial charge in [0.05, 0.1) is 18.8 Å². The lowest BCUT2D eigenvalue weighted by atomic mass is 9.95. The van der Waals surface area contributed by atoms with Crippen LogP contribution < -0.4 is 4.90 Å². The van der Waals surface area contributed by atoms with Gasteiger partial charge in [-0.25, -0.2) is 9.37 Å². The molecule has 1 aromatic carbocycles. The van der Waals surface area contributed by atoms with Crippen molar-refractivity contribution in [1.29, 1.82) is 0 Å². The molecular weight excluding hydrogens is 512 g/mol. The van der Waals surface area contributed by atoms with Crippen molar-refractivity contribution in [1.82, 2.24) is 24.6 Å². The molecular formula is C25H25ClF4N6O. The fraction of sp³-hybridized carbons (Fsp3) is 0.480. The van der Waals surface area contributed by atoms with Crippen LogP contribution in [0.4, 0.5) is 23.4 Å². The Labute approximate surface area is 216 Å². The summed E-state index contributed by atoms with van der Waals surface area (Å²) < 4.78 is 60.9. The summed E-state index contributed by atoms with van der Waals surface area (Å²) in [6.45, 7) is 3.73. The van der Waals surface area contributed by atoms with E-state index < -0.39 is 17.7 Å². The summed E-state index contributed by atoms with van der Waals surface area (Å²) in [6.07, 6.45) is -2.57. The highest BCUT2D eigenvalue weighted by Gasteiger charge is 2.37. The third-order valence-electron chi connectivity index (χ3n) is 7.46. The first kappa shape index (κ1) is 24.6. The molecule has 0 aliphatic carbocycles. The number of rotatable bonds is 3. The predicted octanol–water partition coefficient (Wildman–Crippen LogP) is 4.96. The van der Waals surface area contributed by atoms with Crippen molar-refractivity contribution in [2.75, 3.05) is 31.2 Å². The lowest BCUT2D eigenvalue weighted by Gasteiger charge is -2.33. The van der Waals surface area contributed by atoms with E-state index in [1.807, 2.05) is 18.2 Å². The second kappa shape index (κ2) is 9.52. The van der Waals surface area contributed by atoms with Gasteiger partial charge in [0.2, 0.25) is 0 Å². The molecule has 12 heteroatoms. The Bertz CT molecular complexity index is 1300. The maximum Gasteiger partial charge on any atom is 0.436 e. The number of fused-ring (bicyclic) bond motifs is 3. The number of halogens is 5. The van der Waals surface area contributed by atoms with Crippen LogP contribution in [-0.2, 0) is 24.0 Å². The SMILES string of the molecule is Fc1ccc(N2CCC(c3nnc4n3-c3ccc(Cl)cc3CN([C@H]3CCOC3)C4)CC2)nc1C(F)(F)F. The minimum atomic E-state index is -4.84. The van der Waals surface area contributed by atoms with Crippen molar-refractivity contribution < 1.29 is 22.3 Å². The summed E-state index contributed by atoms with van der Waals surface area (Å²) in [6, 6.07) is 8.28. The molecule has 0 spiro atoms. The smallest absolute Gasteiger partial charge is 0.380 e. The average molecular weight is 537 g/mol. The molecule has 196 valence electrons. The molecule has 0 unspecified atom stereocenters. The van der Waals surface area contributed by atoms with Gasteiger partial charge in [-0.3, -0.25) is 9.47 Å². The van der Waals surface area contributed by atoms with Gasteiger partial charge in [-0.15, -0.1) is 10.2 Å². The second-order valence-electron chi connectivity index (χ2n) is 9.76. The van der Waals surface area contributed by atoms with Crippen molar-refractivity contribution in [2.45, 2.75) is 50.5 Å². The van der Waals surface area contributed by atoms with Crippen LogP contribution in [0.15, 0.2) is 30.3 Å². The monoisotopic (exact) mass is 536 g/mol. The molecule has 0 bridgehead atoms. The number of anilines is 1. The van der Waals surface area contributed by atoms with Crippen LogP contribution in [0.25, 0.3) is 5.69 Å². The molecule has 0 N–H and O–H groups in total. The van der Waals surface area contributed by atoms with Crippen molar-refractivity contribution >= 4 is 17.4 Å². The number of piperidine rings is 1. The van der Waals surface area contributed by atoms with E-state index in [2.05, 4.69) is 24.6 Å². The second-order valence-corrected chi connectivity index (χ2v) is 10.2. The summed E-state index contributed by atoms with van der Waals surface area (Å²) in [5.41, 5.74) is 0.604. The van der Waals surface area contributed by atoms with Crippen LogP contribution in [0.3, 0.4) is 0 Å². The number of nitrogens with zero attached hydrogens (tertiary/aromatic N) is 6. The average Bonchev–Trinajstić information content (AvgIpc) is 3.52. The first-order valence-electron chi connectivity index (χ1n) is 12.3. The Morgan fingerprint density at radius 3 is 2.54 bits per heavy atom. The number of hydrogen-bond donors (Lipinski definition) is 0. The van der Waals surface area contributed by atoms with E-state index in [1.54, 1.807) is 4.90 Å². The normalized spacial score (nSPS) is 21.1. The minimum absolute atomic E-state index is 0.0601. The highest BCUT2D eigenvalue weighted by Crippen LogP contribution is 2.36. The van der Waals surface area contributed by atoms with E-state index in [9.17, 15) is 17.6 Å². The maximum absolute atomic E-state index is 13.7. The van der Waals surface area contributed by atoms with E-state index in [1.165, 1.54) is 6.07 Å². The Balaban J connectivity index is 1.27. The van der Waals surface area contributed by atoms with Crippen LogP contribution in [-0.4, -0.2) is 57.0 Å². The zero-order chi connectivity index (χ0) is 25.7. The largest absolute Gasteiger partial charge is 0.436 e. The van der Waals surface area contributed by atoms with Gasteiger partial charge in [-0.05, 0) is 55.2 Å². The number of alkyl halides is 3. The number of benzene rings is 1. The van der Waals surface area contributed by atoms with E-state index in [-0.39, 0.29) is 11.7 Å². The van der Waals surface area contributed by atoms with E-state index in [4.69, 9.17) is 16.3 Å². The summed E-state index contributed by atoms with van der Waals surface area (Å²) in [5.74, 6) is 0.507. The van der Waals surface area contributed by atoms with E-state index in [0.717, 1.165) is 48.5 Å². The molecule has 2 aromatic heterocycles. The molecule has 0 amide bonds. The maximum atomic E-state index is 13.7. The molecule has 2 fully saturated rings. The lowest BCUT2D eigenvalue weighted by molar-refractivity contribution is -0.143. The zero-order valence-corrected chi connectivity index (χ0v) is 20.6. The van der Waals surface area contributed by atoms with Gasteiger partial charge >= 0.3 is 6.18 Å². The Hall–Kier alpha value is -2.76. The first-order valence-corrected chi connectivity index (χ1v) is 12.7. The Morgan fingerprint density at radius 1 is 1.00 bits per heavy atom. The third kappa shape index (κ3) is 4.68. The van der Waals surface area contributed by atoms with E-state index >= 15 is 0 Å². The summed E-state index contributed by atoms with van der Waals surface area (Å²) >= 11 is 6.36. The predicted molar refractivity (Wildman–Crippen MR) is 128 cm³/mol. The number of ether oxygens (including phenoxy) is 1. The quantitative estimate of drug-likeness (QED) is 0.441. The Kier molecular flexibility index (Phi) is 6.32. The fourth-order valence-electron chi connectivity index (χ4n) is 5.56. The van der Waals surface area contributed by atoms with Crippen molar-refractivity contribution in [3.63, 3.8) is 0 Å². The molecule has 1 atom stereocenters. The molecule has 5 heterocycles. The van der Waals surface area contributed by atoms with Gasteiger partial charge in [0.15, 0.2) is 17.3 Å². The van der Waals surface area contributed by atoms with Crippen LogP contribution in [0.1, 0.15) is 48.1 Å². The summed E-state index contributed by atoms with van der Waals surface area (Å²) in [7, 11) is 0. The van der Waals surface area contributed by atoms with Gasteiger partial charge in [0.25, 0.3) is 0 Å². The van der Waals surface area contributed by atoms with Crippen LogP contribution in [0.5, 0.6) is 0 Å². The lowest BCUT2D eigenvalue weighted by Crippen LogP contribution is -2.35. The third-order valence-corrected chi connectivity index (χ3v) is 7.70. The summed E-state index contributed by atoms with van der Waals surface area (Å²) in [5, 5.41) is 9.82. The molecule has 0 radical (unpaired) electrons. The van der Waals surface area contributed by atoms with E-state index in [0.29, 0.717) is 50.1 Å². The van der Waals surface area contributed by atoms with Crippen molar-refractivity contribution in [3.8, 4) is 5.69 Å². The number of hydrogen-bond acceptors (Lipinski definition) is 6. The van der Waals surface area contributed by atoms with Gasteiger partial charge in [0.1, 0.15) is 11.6 Å². The zero-order valence-electron chi connectivity index (χ0n) is 19.9. The standard InChI is InChI=1S/C25H25ClF4N6O/c26-17-1-3-20-16(11-17)12-35(18-7-10-37-14-18)13-22-32-33-24(36(20)22)15-5-8-34(9-6-15)21-4-2-19(27)23(31-21)25(28,29)30/h1-4,11,15,18H,5-10,12-14H2/t18-/m0/s1. The molecule has 3 aliphatic rings. The van der Waals surface area contributed by atoms with Gasteiger partial charge in [0, 0.05) is 43.2 Å². The number of pyridine rings is 1. The number of aromatic nitrogens is 4. The highest BCUT2D eigenvalue weighted by molar-refractivity contribution is 6.30. The van der Waals surface area contributed by atoms with Crippen molar-refractivity contribution in [3.05, 3.63) is 64.1 Å². The van der Waals surface area contributed by atoms with Crippen LogP contribution in [0, 0.1) is 5.82 Å². The summed E-state index contributed by atoms with van der Waals surface area (Å²) in [4.78, 5) is 7.71. The van der Waals surface area contributed by atoms with Crippen LogP contribution in [0.2, 0.25) is 5.02 Å². The fourth-order valence-corrected chi connectivity index (χ4v) is 5.75. The molecule has 3 aromatic rings. The first-order chi connectivity index (χ1) is 17.8. The topological polar surface area (TPSA) is 59.3 Å². The van der Waals surface area contributed by atoms with Crippen LogP contribution >= 0.6 is 11.6 Å². The minimum Gasteiger partial charge on any atom is -0.380 e.